The van der Waals surface area contributed by atoms with Crippen molar-refractivity contribution in [3.05, 3.63) is 12.3 Å². The van der Waals surface area contributed by atoms with Crippen LogP contribution < -0.4 is 0 Å². The van der Waals surface area contributed by atoms with Crippen molar-refractivity contribution in [2.75, 3.05) is 0 Å². The summed E-state index contributed by atoms with van der Waals surface area (Å²) in [5.41, 5.74) is 0. The Labute approximate surface area is 71.4 Å². The zero-order chi connectivity index (χ0) is 8.97. The molecule has 0 bridgehead atoms. The first kappa shape index (κ1) is 8.97. The number of Topliss-reactive ketones (excluding diaryl/α,β-unsaturated/α-hetero) is 1. The van der Waals surface area contributed by atoms with Gasteiger partial charge in [-0.3, -0.25) is 9.59 Å². The lowest BCUT2D eigenvalue weighted by atomic mass is 10.0. The number of allylic oxidation sites excluding steroid dienone is 1. The average Bonchev–Trinajstić information content (AvgIpc) is 2.08. The van der Waals surface area contributed by atoms with E-state index in [1.54, 1.807) is 0 Å². The summed E-state index contributed by atoms with van der Waals surface area (Å²) >= 11 is 0. The Morgan fingerprint density at radius 1 is 1.50 bits per heavy atom. The molecule has 0 aromatic heterocycles. The third-order valence-corrected chi connectivity index (χ3v) is 1.82. The SMILES string of the molecule is CCCCC1OC=CC(=O)C1=O. The van der Waals surface area contributed by atoms with Crippen LogP contribution in [0.5, 0.6) is 0 Å². The number of unbranched alkanes of at least 4 members (excludes halogenated alkanes) is 1. The van der Waals surface area contributed by atoms with Crippen molar-refractivity contribution < 1.29 is 14.3 Å². The maximum Gasteiger partial charge on any atom is 0.243 e. The van der Waals surface area contributed by atoms with Crippen molar-refractivity contribution in [3.8, 4) is 0 Å². The van der Waals surface area contributed by atoms with Crippen LogP contribution >= 0.6 is 0 Å². The van der Waals surface area contributed by atoms with E-state index in [0.29, 0.717) is 6.42 Å². The van der Waals surface area contributed by atoms with Gasteiger partial charge >= 0.3 is 0 Å². The highest BCUT2D eigenvalue weighted by Crippen LogP contribution is 2.10. The fraction of sp³-hybridized carbons (Fsp3) is 0.556. The minimum atomic E-state index is -0.526. The summed E-state index contributed by atoms with van der Waals surface area (Å²) in [5, 5.41) is 0. The maximum absolute atomic E-state index is 11.1. The van der Waals surface area contributed by atoms with Crippen LogP contribution in [-0.4, -0.2) is 17.7 Å². The molecule has 66 valence electrons. The van der Waals surface area contributed by atoms with Gasteiger partial charge in [-0.1, -0.05) is 13.3 Å². The van der Waals surface area contributed by atoms with E-state index in [4.69, 9.17) is 4.74 Å². The van der Waals surface area contributed by atoms with Crippen molar-refractivity contribution in [1.29, 1.82) is 0 Å². The first-order valence-corrected chi connectivity index (χ1v) is 4.16. The van der Waals surface area contributed by atoms with Crippen molar-refractivity contribution in [3.63, 3.8) is 0 Å². The molecular weight excluding hydrogens is 156 g/mol. The van der Waals surface area contributed by atoms with Crippen LogP contribution in [0.25, 0.3) is 0 Å². The van der Waals surface area contributed by atoms with Crippen molar-refractivity contribution in [1.82, 2.24) is 0 Å². The van der Waals surface area contributed by atoms with Crippen LogP contribution in [0.2, 0.25) is 0 Å². The highest BCUT2D eigenvalue weighted by Gasteiger charge is 2.26. The maximum atomic E-state index is 11.1. The standard InChI is InChI=1S/C9H12O3/c1-2-3-4-8-9(11)7(10)5-6-12-8/h5-6,8H,2-4H2,1H3. The number of ketones is 2. The van der Waals surface area contributed by atoms with E-state index in [0.717, 1.165) is 12.8 Å². The number of hydrogen-bond donors (Lipinski definition) is 0. The minimum Gasteiger partial charge on any atom is -0.490 e. The monoisotopic (exact) mass is 168 g/mol. The third-order valence-electron chi connectivity index (χ3n) is 1.82. The Morgan fingerprint density at radius 2 is 2.25 bits per heavy atom. The lowest BCUT2D eigenvalue weighted by Gasteiger charge is -2.16. The van der Waals surface area contributed by atoms with Crippen molar-refractivity contribution in [2.24, 2.45) is 0 Å². The van der Waals surface area contributed by atoms with Gasteiger partial charge in [0, 0.05) is 6.08 Å². The van der Waals surface area contributed by atoms with Gasteiger partial charge in [0.2, 0.25) is 11.6 Å². The van der Waals surface area contributed by atoms with E-state index >= 15 is 0 Å². The molecular formula is C9H12O3. The van der Waals surface area contributed by atoms with Gasteiger partial charge in [-0.05, 0) is 12.8 Å². The normalized spacial score (nSPS) is 22.6. The predicted octanol–water partition coefficient (Wildman–Crippen LogP) is 1.23. The molecule has 0 aromatic rings. The van der Waals surface area contributed by atoms with Gasteiger partial charge in [-0.25, -0.2) is 0 Å². The van der Waals surface area contributed by atoms with Crippen LogP contribution in [0.4, 0.5) is 0 Å². The quantitative estimate of drug-likeness (QED) is 0.595. The van der Waals surface area contributed by atoms with Gasteiger partial charge in [0.15, 0.2) is 6.10 Å². The zero-order valence-electron chi connectivity index (χ0n) is 7.08. The fourth-order valence-corrected chi connectivity index (χ4v) is 1.09. The first-order valence-electron chi connectivity index (χ1n) is 4.16. The molecule has 0 N–H and O–H groups in total. The molecule has 12 heavy (non-hydrogen) atoms. The molecule has 0 aromatic carbocycles. The second-order valence-electron chi connectivity index (χ2n) is 2.80. The molecule has 3 nitrogen and oxygen atoms in total. The number of carbonyl (C=O) groups excluding carboxylic acids is 2. The summed E-state index contributed by atoms with van der Waals surface area (Å²) in [6.07, 6.45) is 4.52. The second kappa shape index (κ2) is 4.04. The molecule has 0 radical (unpaired) electrons. The third kappa shape index (κ3) is 1.94. The Balaban J connectivity index is 2.50. The number of hydrogen-bond acceptors (Lipinski definition) is 3. The number of ether oxygens (including phenoxy) is 1. The van der Waals surface area contributed by atoms with E-state index in [-0.39, 0.29) is 0 Å². The van der Waals surface area contributed by atoms with E-state index in [1.807, 2.05) is 6.92 Å². The summed E-state index contributed by atoms with van der Waals surface area (Å²) < 4.78 is 5.01. The van der Waals surface area contributed by atoms with Gasteiger partial charge < -0.3 is 4.74 Å². The van der Waals surface area contributed by atoms with Gasteiger partial charge in [0.1, 0.15) is 0 Å². The fourth-order valence-electron chi connectivity index (χ4n) is 1.09. The molecule has 0 spiro atoms. The summed E-state index contributed by atoms with van der Waals surface area (Å²) in [6, 6.07) is 0. The molecule has 1 aliphatic heterocycles. The first-order chi connectivity index (χ1) is 5.75. The van der Waals surface area contributed by atoms with Crippen molar-refractivity contribution >= 4 is 11.6 Å². The highest BCUT2D eigenvalue weighted by atomic mass is 16.5. The smallest absolute Gasteiger partial charge is 0.243 e. The van der Waals surface area contributed by atoms with Gasteiger partial charge in [0.05, 0.1) is 6.26 Å². The zero-order valence-corrected chi connectivity index (χ0v) is 7.08. The summed E-state index contributed by atoms with van der Waals surface area (Å²) in [4.78, 5) is 22.0. The van der Waals surface area contributed by atoms with E-state index in [9.17, 15) is 9.59 Å². The molecule has 3 heteroatoms. The van der Waals surface area contributed by atoms with E-state index in [1.165, 1.54) is 12.3 Å². The molecule has 1 aliphatic rings. The van der Waals surface area contributed by atoms with Gasteiger partial charge in [-0.2, -0.15) is 0 Å². The predicted molar refractivity (Wildman–Crippen MR) is 43.6 cm³/mol. The van der Waals surface area contributed by atoms with Crippen LogP contribution in [-0.2, 0) is 14.3 Å². The molecule has 0 saturated heterocycles. The largest absolute Gasteiger partial charge is 0.490 e. The molecule has 1 heterocycles. The van der Waals surface area contributed by atoms with E-state index < -0.39 is 17.7 Å². The molecule has 1 atom stereocenters. The molecule has 0 aliphatic carbocycles. The Hall–Kier alpha value is -1.12. The Morgan fingerprint density at radius 3 is 2.92 bits per heavy atom. The number of rotatable bonds is 3. The summed E-state index contributed by atoms with van der Waals surface area (Å²) in [5.74, 6) is -0.853. The van der Waals surface area contributed by atoms with Crippen molar-refractivity contribution in [2.45, 2.75) is 32.3 Å². The highest BCUT2D eigenvalue weighted by molar-refractivity contribution is 6.43. The molecule has 0 fully saturated rings. The average molecular weight is 168 g/mol. The van der Waals surface area contributed by atoms with Gasteiger partial charge in [0.25, 0.3) is 0 Å². The molecule has 1 unspecified atom stereocenters. The molecule has 1 rings (SSSR count). The van der Waals surface area contributed by atoms with Crippen LogP contribution in [0.15, 0.2) is 12.3 Å². The summed E-state index contributed by atoms with van der Waals surface area (Å²) in [6.45, 7) is 2.03. The Kier molecular flexibility index (Phi) is 3.02. The minimum absolute atomic E-state index is 0.411. The van der Waals surface area contributed by atoms with Gasteiger partial charge in [-0.15, -0.1) is 0 Å². The summed E-state index contributed by atoms with van der Waals surface area (Å²) in [7, 11) is 0. The van der Waals surface area contributed by atoms with Crippen LogP contribution in [0.1, 0.15) is 26.2 Å². The lowest BCUT2D eigenvalue weighted by Crippen LogP contribution is -2.31. The number of carbonyl (C=O) groups is 2. The molecule has 0 saturated carbocycles. The van der Waals surface area contributed by atoms with Crippen LogP contribution in [0, 0.1) is 0 Å². The topological polar surface area (TPSA) is 43.4 Å². The molecule has 0 amide bonds. The lowest BCUT2D eigenvalue weighted by molar-refractivity contribution is -0.141. The Bertz CT molecular complexity index is 218. The van der Waals surface area contributed by atoms with E-state index in [2.05, 4.69) is 0 Å². The van der Waals surface area contributed by atoms with Crippen LogP contribution in [0.3, 0.4) is 0 Å². The second-order valence-corrected chi connectivity index (χ2v) is 2.80.